The first-order valence-corrected chi connectivity index (χ1v) is 8.27. The third-order valence-corrected chi connectivity index (χ3v) is 5.36. The zero-order chi connectivity index (χ0) is 14.9. The van der Waals surface area contributed by atoms with Crippen molar-refractivity contribution in [2.45, 2.75) is 16.8 Å². The van der Waals surface area contributed by atoms with Gasteiger partial charge in [-0.15, -0.1) is 0 Å². The van der Waals surface area contributed by atoms with Crippen molar-refractivity contribution in [3.05, 3.63) is 65.2 Å². The highest BCUT2D eigenvalue weighted by Gasteiger charge is 2.35. The van der Waals surface area contributed by atoms with Crippen molar-refractivity contribution in [2.24, 2.45) is 5.16 Å². The van der Waals surface area contributed by atoms with Crippen molar-refractivity contribution in [1.29, 1.82) is 0 Å². The van der Waals surface area contributed by atoms with E-state index in [-0.39, 0.29) is 11.3 Å². The van der Waals surface area contributed by atoms with Gasteiger partial charge in [-0.05, 0) is 29.8 Å². The monoisotopic (exact) mass is 321 g/mol. The van der Waals surface area contributed by atoms with Crippen LogP contribution in [0, 0.1) is 0 Å². The van der Waals surface area contributed by atoms with Crippen LogP contribution in [0.1, 0.15) is 12.0 Å². The number of sulfone groups is 1. The molecule has 1 aliphatic rings. The Hall–Kier alpha value is -1.85. The molecule has 0 radical (unpaired) electrons. The summed E-state index contributed by atoms with van der Waals surface area (Å²) in [5, 5.41) is 4.52. The molecule has 1 unspecified atom stereocenters. The van der Waals surface area contributed by atoms with Crippen molar-refractivity contribution in [3.8, 4) is 0 Å². The van der Waals surface area contributed by atoms with Crippen molar-refractivity contribution >= 4 is 27.1 Å². The van der Waals surface area contributed by atoms with E-state index >= 15 is 0 Å². The van der Waals surface area contributed by atoms with E-state index in [1.54, 1.807) is 54.6 Å². The highest BCUT2D eigenvalue weighted by atomic mass is 35.5. The predicted molar refractivity (Wildman–Crippen MR) is 81.1 cm³/mol. The van der Waals surface area contributed by atoms with Gasteiger partial charge in [0.05, 0.1) is 10.6 Å². The van der Waals surface area contributed by atoms with Crippen LogP contribution in [0.4, 0.5) is 0 Å². The van der Waals surface area contributed by atoms with Crippen LogP contribution < -0.4 is 0 Å². The Labute approximate surface area is 127 Å². The summed E-state index contributed by atoms with van der Waals surface area (Å²) in [6.07, 6.45) is 0.221. The zero-order valence-corrected chi connectivity index (χ0v) is 12.5. The molecular weight excluding hydrogens is 310 g/mol. The summed E-state index contributed by atoms with van der Waals surface area (Å²) in [6.45, 7) is 0. The number of nitrogens with zero attached hydrogens (tertiary/aromatic N) is 1. The van der Waals surface area contributed by atoms with Gasteiger partial charge in [0.25, 0.3) is 0 Å². The van der Waals surface area contributed by atoms with Crippen LogP contribution in [0.15, 0.2) is 64.6 Å². The van der Waals surface area contributed by atoms with Crippen LogP contribution in [0.3, 0.4) is 0 Å². The van der Waals surface area contributed by atoms with Crippen LogP contribution in [0.2, 0.25) is 5.02 Å². The fourth-order valence-corrected chi connectivity index (χ4v) is 3.60. The van der Waals surface area contributed by atoms with E-state index in [9.17, 15) is 8.42 Å². The zero-order valence-electron chi connectivity index (χ0n) is 10.9. The molecule has 1 atom stereocenters. The van der Waals surface area contributed by atoms with Gasteiger partial charge in [0.2, 0.25) is 15.3 Å². The van der Waals surface area contributed by atoms with E-state index < -0.39 is 15.3 Å². The third kappa shape index (κ3) is 2.80. The highest BCUT2D eigenvalue weighted by molar-refractivity contribution is 7.92. The first kappa shape index (κ1) is 14.1. The maximum Gasteiger partial charge on any atom is 0.237 e. The van der Waals surface area contributed by atoms with Crippen LogP contribution in [0.5, 0.6) is 0 Å². The molecule has 0 fully saturated rings. The number of oxime groups is 1. The lowest BCUT2D eigenvalue weighted by atomic mass is 10.1. The Balaban J connectivity index is 1.82. The molecule has 0 aromatic heterocycles. The number of hydrogen-bond acceptors (Lipinski definition) is 4. The minimum absolute atomic E-state index is 0.221. The molecule has 0 saturated carbocycles. The molecule has 2 aromatic rings. The highest BCUT2D eigenvalue weighted by Crippen LogP contribution is 2.26. The summed E-state index contributed by atoms with van der Waals surface area (Å²) < 4.78 is 24.9. The SMILES string of the molecule is O=S(=O)(c1ccccc1)C1CC(c2ccc(Cl)cc2)=NO1. The Morgan fingerprint density at radius 2 is 1.71 bits per heavy atom. The number of halogens is 1. The van der Waals surface area contributed by atoms with Crippen LogP contribution in [0.25, 0.3) is 0 Å². The number of benzene rings is 2. The Bertz CT molecular complexity index is 770. The number of rotatable bonds is 3. The smallest absolute Gasteiger partial charge is 0.237 e. The van der Waals surface area contributed by atoms with Gasteiger partial charge in [-0.2, -0.15) is 0 Å². The van der Waals surface area contributed by atoms with Crippen molar-refractivity contribution in [2.75, 3.05) is 0 Å². The first-order chi connectivity index (χ1) is 10.1. The van der Waals surface area contributed by atoms with E-state index in [1.165, 1.54) is 0 Å². The van der Waals surface area contributed by atoms with E-state index in [4.69, 9.17) is 16.4 Å². The van der Waals surface area contributed by atoms with Crippen molar-refractivity contribution in [3.63, 3.8) is 0 Å². The number of hydrogen-bond donors (Lipinski definition) is 0. The largest absolute Gasteiger partial charge is 0.375 e. The molecule has 0 amide bonds. The van der Waals surface area contributed by atoms with Gasteiger partial charge in [0.15, 0.2) is 0 Å². The van der Waals surface area contributed by atoms with Crippen LogP contribution in [-0.2, 0) is 14.7 Å². The summed E-state index contributed by atoms with van der Waals surface area (Å²) in [5.74, 6) is 0. The molecule has 0 bridgehead atoms. The third-order valence-electron chi connectivity index (χ3n) is 3.24. The lowest BCUT2D eigenvalue weighted by molar-refractivity contribution is 0.140. The summed E-state index contributed by atoms with van der Waals surface area (Å²) in [6, 6.07) is 15.3. The second-order valence-corrected chi connectivity index (χ2v) is 7.17. The molecule has 1 aliphatic heterocycles. The normalized spacial score (nSPS) is 18.1. The lowest BCUT2D eigenvalue weighted by Crippen LogP contribution is -2.21. The van der Waals surface area contributed by atoms with Crippen molar-refractivity contribution in [1.82, 2.24) is 0 Å². The average Bonchev–Trinajstić information content (AvgIpc) is 2.99. The van der Waals surface area contributed by atoms with Crippen LogP contribution >= 0.6 is 11.6 Å². The van der Waals surface area contributed by atoms with Crippen LogP contribution in [-0.4, -0.2) is 19.6 Å². The summed E-state index contributed by atoms with van der Waals surface area (Å²) in [7, 11) is -3.55. The van der Waals surface area contributed by atoms with Gasteiger partial charge < -0.3 is 4.84 Å². The molecule has 2 aromatic carbocycles. The maximum absolute atomic E-state index is 12.4. The minimum Gasteiger partial charge on any atom is -0.375 e. The first-order valence-electron chi connectivity index (χ1n) is 6.35. The molecule has 0 spiro atoms. The quantitative estimate of drug-likeness (QED) is 0.872. The van der Waals surface area contributed by atoms with Gasteiger partial charge in [0, 0.05) is 11.4 Å². The maximum atomic E-state index is 12.4. The molecule has 21 heavy (non-hydrogen) atoms. The molecule has 6 heteroatoms. The van der Waals surface area contributed by atoms with E-state index in [0.29, 0.717) is 10.7 Å². The van der Waals surface area contributed by atoms with Crippen molar-refractivity contribution < 1.29 is 13.3 Å². The topological polar surface area (TPSA) is 55.7 Å². The summed E-state index contributed by atoms with van der Waals surface area (Å²) in [5.41, 5.74) is 0.437. The average molecular weight is 322 g/mol. The van der Waals surface area contributed by atoms with E-state index in [0.717, 1.165) is 5.56 Å². The summed E-state index contributed by atoms with van der Waals surface area (Å²) in [4.78, 5) is 5.37. The fraction of sp³-hybridized carbons (Fsp3) is 0.133. The standard InChI is InChI=1S/C15H12ClNO3S/c16-12-8-6-11(7-9-12)14-10-15(20-17-14)21(18,19)13-4-2-1-3-5-13/h1-9,15H,10H2. The molecule has 1 heterocycles. The molecule has 108 valence electrons. The molecular formula is C15H12ClNO3S. The molecule has 0 saturated heterocycles. The molecule has 0 aliphatic carbocycles. The van der Waals surface area contributed by atoms with Gasteiger partial charge >= 0.3 is 0 Å². The minimum atomic E-state index is -3.55. The summed E-state index contributed by atoms with van der Waals surface area (Å²) >= 11 is 5.83. The van der Waals surface area contributed by atoms with Gasteiger partial charge in [0.1, 0.15) is 0 Å². The fourth-order valence-electron chi connectivity index (χ4n) is 2.10. The Kier molecular flexibility index (Phi) is 3.69. The van der Waals surface area contributed by atoms with Gasteiger partial charge in [-0.25, -0.2) is 8.42 Å². The molecule has 4 nitrogen and oxygen atoms in total. The van der Waals surface area contributed by atoms with E-state index in [1.807, 2.05) is 0 Å². The van der Waals surface area contributed by atoms with Gasteiger partial charge in [-0.3, -0.25) is 0 Å². The second-order valence-electron chi connectivity index (χ2n) is 4.64. The van der Waals surface area contributed by atoms with Gasteiger partial charge in [-0.1, -0.05) is 47.1 Å². The second kappa shape index (κ2) is 5.50. The molecule has 3 rings (SSSR count). The predicted octanol–water partition coefficient (Wildman–Crippen LogP) is 3.26. The Morgan fingerprint density at radius 1 is 1.05 bits per heavy atom. The van der Waals surface area contributed by atoms with E-state index in [2.05, 4.69) is 5.16 Å². The molecule has 0 N–H and O–H groups in total. The Morgan fingerprint density at radius 3 is 2.38 bits per heavy atom. The lowest BCUT2D eigenvalue weighted by Gasteiger charge is -2.09.